The van der Waals surface area contributed by atoms with Crippen molar-refractivity contribution < 1.29 is 5.11 Å². The van der Waals surface area contributed by atoms with Gasteiger partial charge in [-0.3, -0.25) is 0 Å². The minimum atomic E-state index is 0.118. The number of aromatic amines is 1. The fourth-order valence-corrected chi connectivity index (χ4v) is 0.615. The van der Waals surface area contributed by atoms with Crippen molar-refractivity contribution in [3.63, 3.8) is 0 Å². The van der Waals surface area contributed by atoms with Gasteiger partial charge < -0.3 is 10.1 Å². The van der Waals surface area contributed by atoms with E-state index in [1.165, 1.54) is 0 Å². The van der Waals surface area contributed by atoms with Crippen LogP contribution in [-0.4, -0.2) is 21.7 Å². The molecule has 1 rings (SSSR count). The van der Waals surface area contributed by atoms with Crippen LogP contribution in [0.4, 0.5) is 0 Å². The first-order chi connectivity index (χ1) is 4.43. The van der Waals surface area contributed by atoms with E-state index >= 15 is 0 Å². The molecular weight excluding hydrogens is 116 g/mol. The standard InChI is InChI=1S/C6H9N2O/c9-3-1-2-6-4-7-5-8-6/h1,4-5,9H,2-3H2,(H,7,8). The molecule has 3 nitrogen and oxygen atoms in total. The Hall–Kier alpha value is -0.830. The molecule has 2 N–H and O–H groups in total. The van der Waals surface area contributed by atoms with Crippen LogP contribution in [-0.2, 0) is 6.42 Å². The molecular formula is C6H9N2O. The lowest BCUT2D eigenvalue weighted by atomic mass is 10.3. The zero-order valence-electron chi connectivity index (χ0n) is 5.04. The fraction of sp³-hybridized carbons (Fsp3) is 0.333. The first-order valence-corrected chi connectivity index (χ1v) is 2.83. The highest BCUT2D eigenvalue weighted by atomic mass is 16.2. The molecule has 0 aliphatic rings. The molecule has 49 valence electrons. The lowest BCUT2D eigenvalue weighted by Crippen LogP contribution is -1.89. The highest BCUT2D eigenvalue weighted by molar-refractivity contribution is 4.97. The summed E-state index contributed by atoms with van der Waals surface area (Å²) in [5.74, 6) is 0. The molecule has 0 bridgehead atoms. The third-order valence-corrected chi connectivity index (χ3v) is 1.04. The van der Waals surface area contributed by atoms with Crippen LogP contribution in [0, 0.1) is 6.42 Å². The first kappa shape index (κ1) is 6.29. The van der Waals surface area contributed by atoms with Gasteiger partial charge in [-0.05, 0) is 12.8 Å². The van der Waals surface area contributed by atoms with Gasteiger partial charge in [0.15, 0.2) is 0 Å². The van der Waals surface area contributed by atoms with Crippen LogP contribution in [0.15, 0.2) is 12.5 Å². The lowest BCUT2D eigenvalue weighted by molar-refractivity contribution is 0.325. The normalized spacial score (nSPS) is 9.89. The third-order valence-electron chi connectivity index (χ3n) is 1.04. The number of aromatic nitrogens is 2. The van der Waals surface area contributed by atoms with Gasteiger partial charge in [-0.1, -0.05) is 0 Å². The molecule has 0 aromatic carbocycles. The minimum absolute atomic E-state index is 0.118. The average Bonchev–Trinajstić information content (AvgIpc) is 2.34. The number of aliphatic hydroxyl groups is 1. The summed E-state index contributed by atoms with van der Waals surface area (Å²) in [5.41, 5.74) is 0.962. The van der Waals surface area contributed by atoms with Crippen LogP contribution in [0.5, 0.6) is 0 Å². The van der Waals surface area contributed by atoms with E-state index < -0.39 is 0 Å². The van der Waals surface area contributed by atoms with Gasteiger partial charge in [-0.25, -0.2) is 4.98 Å². The molecule has 0 spiro atoms. The second kappa shape index (κ2) is 3.25. The van der Waals surface area contributed by atoms with Crippen LogP contribution < -0.4 is 0 Å². The highest BCUT2D eigenvalue weighted by Gasteiger charge is 1.91. The maximum Gasteiger partial charge on any atom is 0.0923 e. The number of imidazole rings is 1. The smallest absolute Gasteiger partial charge is 0.0923 e. The molecule has 1 aromatic heterocycles. The van der Waals surface area contributed by atoms with Crippen LogP contribution in [0.1, 0.15) is 5.69 Å². The Bertz CT molecular complexity index is 148. The van der Waals surface area contributed by atoms with Crippen LogP contribution in [0.25, 0.3) is 0 Å². The topological polar surface area (TPSA) is 48.9 Å². The number of hydrogen-bond donors (Lipinski definition) is 2. The number of hydrogen-bond acceptors (Lipinski definition) is 2. The largest absolute Gasteiger partial charge is 0.396 e. The number of nitrogens with one attached hydrogen (secondary N) is 1. The lowest BCUT2D eigenvalue weighted by Gasteiger charge is -1.88. The Kier molecular flexibility index (Phi) is 2.27. The van der Waals surface area contributed by atoms with E-state index in [0.29, 0.717) is 0 Å². The van der Waals surface area contributed by atoms with E-state index in [2.05, 4.69) is 9.97 Å². The van der Waals surface area contributed by atoms with Crippen molar-refractivity contribution in [2.45, 2.75) is 6.42 Å². The molecule has 0 amide bonds. The molecule has 0 aliphatic carbocycles. The fourth-order valence-electron chi connectivity index (χ4n) is 0.615. The Morgan fingerprint density at radius 3 is 3.22 bits per heavy atom. The van der Waals surface area contributed by atoms with Crippen molar-refractivity contribution in [2.24, 2.45) is 0 Å². The predicted molar refractivity (Wildman–Crippen MR) is 33.7 cm³/mol. The zero-order chi connectivity index (χ0) is 6.53. The van der Waals surface area contributed by atoms with Crippen molar-refractivity contribution in [2.75, 3.05) is 6.61 Å². The van der Waals surface area contributed by atoms with Crippen molar-refractivity contribution in [3.05, 3.63) is 24.6 Å². The van der Waals surface area contributed by atoms with Gasteiger partial charge in [0.25, 0.3) is 0 Å². The summed E-state index contributed by atoms with van der Waals surface area (Å²) in [5, 5.41) is 8.37. The minimum Gasteiger partial charge on any atom is -0.396 e. The number of H-pyrrole nitrogens is 1. The monoisotopic (exact) mass is 125 g/mol. The summed E-state index contributed by atoms with van der Waals surface area (Å²) in [4.78, 5) is 6.78. The maximum atomic E-state index is 8.37. The summed E-state index contributed by atoms with van der Waals surface area (Å²) in [7, 11) is 0. The molecule has 3 heteroatoms. The van der Waals surface area contributed by atoms with E-state index in [0.717, 1.165) is 12.1 Å². The molecule has 0 aliphatic heterocycles. The second-order valence-electron chi connectivity index (χ2n) is 1.74. The summed E-state index contributed by atoms with van der Waals surface area (Å²) >= 11 is 0. The van der Waals surface area contributed by atoms with Crippen molar-refractivity contribution in [1.82, 2.24) is 9.97 Å². The quantitative estimate of drug-likeness (QED) is 0.604. The Morgan fingerprint density at radius 1 is 1.78 bits per heavy atom. The van der Waals surface area contributed by atoms with Gasteiger partial charge in [0, 0.05) is 12.8 Å². The number of nitrogens with zero attached hydrogens (tertiary/aromatic N) is 1. The van der Waals surface area contributed by atoms with Gasteiger partial charge in [0.05, 0.1) is 12.0 Å². The highest BCUT2D eigenvalue weighted by Crippen LogP contribution is 1.93. The summed E-state index contributed by atoms with van der Waals surface area (Å²) < 4.78 is 0. The van der Waals surface area contributed by atoms with Gasteiger partial charge in [-0.2, -0.15) is 0 Å². The van der Waals surface area contributed by atoms with Gasteiger partial charge in [-0.15, -0.1) is 0 Å². The molecule has 1 aromatic rings. The molecule has 1 radical (unpaired) electrons. The molecule has 0 atom stereocenters. The SMILES string of the molecule is OC[CH]Cc1c[nH]cn1. The van der Waals surface area contributed by atoms with Gasteiger partial charge in [0.1, 0.15) is 0 Å². The van der Waals surface area contributed by atoms with E-state index in [1.54, 1.807) is 12.7 Å². The Balaban J connectivity index is 2.30. The number of rotatable bonds is 3. The molecule has 9 heavy (non-hydrogen) atoms. The van der Waals surface area contributed by atoms with Crippen molar-refractivity contribution in [3.8, 4) is 0 Å². The molecule has 0 fully saturated rings. The zero-order valence-corrected chi connectivity index (χ0v) is 5.04. The Labute approximate surface area is 53.7 Å². The van der Waals surface area contributed by atoms with E-state index in [4.69, 9.17) is 5.11 Å². The molecule has 0 unspecified atom stereocenters. The van der Waals surface area contributed by atoms with Crippen LogP contribution in [0.3, 0.4) is 0 Å². The summed E-state index contributed by atoms with van der Waals surface area (Å²) in [6.45, 7) is 0.118. The van der Waals surface area contributed by atoms with Gasteiger partial charge in [0.2, 0.25) is 0 Å². The summed E-state index contributed by atoms with van der Waals surface area (Å²) in [6.07, 6.45) is 5.93. The predicted octanol–water partition coefficient (Wildman–Crippen LogP) is 0.149. The van der Waals surface area contributed by atoms with E-state index in [9.17, 15) is 0 Å². The van der Waals surface area contributed by atoms with Crippen LogP contribution >= 0.6 is 0 Å². The first-order valence-electron chi connectivity index (χ1n) is 2.83. The van der Waals surface area contributed by atoms with Crippen LogP contribution in [0.2, 0.25) is 0 Å². The third kappa shape index (κ3) is 1.85. The molecule has 0 saturated carbocycles. The van der Waals surface area contributed by atoms with E-state index in [-0.39, 0.29) is 6.61 Å². The molecule has 0 saturated heterocycles. The van der Waals surface area contributed by atoms with Crippen molar-refractivity contribution >= 4 is 0 Å². The average molecular weight is 125 g/mol. The van der Waals surface area contributed by atoms with E-state index in [1.807, 2.05) is 6.20 Å². The molecule has 1 heterocycles. The number of aliphatic hydroxyl groups excluding tert-OH is 1. The second-order valence-corrected chi connectivity index (χ2v) is 1.74. The van der Waals surface area contributed by atoms with Gasteiger partial charge >= 0.3 is 0 Å². The maximum absolute atomic E-state index is 8.37. The Morgan fingerprint density at radius 2 is 2.67 bits per heavy atom. The summed E-state index contributed by atoms with van der Waals surface area (Å²) in [6, 6.07) is 0. The van der Waals surface area contributed by atoms with Crippen molar-refractivity contribution in [1.29, 1.82) is 0 Å².